The van der Waals surface area contributed by atoms with Crippen LogP contribution in [0.3, 0.4) is 0 Å². The number of ether oxygens (including phenoxy) is 1. The molecule has 136 valence electrons. The van der Waals surface area contributed by atoms with E-state index in [9.17, 15) is 14.4 Å². The summed E-state index contributed by atoms with van der Waals surface area (Å²) in [4.78, 5) is 35.3. The molecule has 1 unspecified atom stereocenters. The first kappa shape index (κ1) is 19.2. The van der Waals surface area contributed by atoms with Gasteiger partial charge in [0.2, 0.25) is 11.8 Å². The van der Waals surface area contributed by atoms with Gasteiger partial charge in [0.1, 0.15) is 0 Å². The summed E-state index contributed by atoms with van der Waals surface area (Å²) in [5.41, 5.74) is 2.93. The molecule has 2 aromatic rings. The van der Waals surface area contributed by atoms with Gasteiger partial charge in [0.15, 0.2) is 0 Å². The number of rotatable bonds is 6. The van der Waals surface area contributed by atoms with Gasteiger partial charge in [-0.15, -0.1) is 0 Å². The van der Waals surface area contributed by atoms with Crippen molar-refractivity contribution in [3.63, 3.8) is 0 Å². The number of nitrogens with one attached hydrogen (secondary N) is 2. The molecule has 26 heavy (non-hydrogen) atoms. The number of carbonyl (C=O) groups is 3. The quantitative estimate of drug-likeness (QED) is 0.781. The lowest BCUT2D eigenvalue weighted by atomic mass is 10.0. The number of hydrogen-bond donors (Lipinski definition) is 2. The van der Waals surface area contributed by atoms with Gasteiger partial charge in [-0.25, -0.2) is 4.79 Å². The number of aryl methyl sites for hydroxylation is 1. The fraction of sp³-hybridized carbons (Fsp3) is 0.250. The van der Waals surface area contributed by atoms with Crippen LogP contribution >= 0.6 is 0 Å². The standard InChI is InChI=1S/C20H22N2O4/c1-13-4-6-15(7-5-13)18(21-14(2)23)12-19(24)22-17-10-8-16(9-11-17)20(25)26-3/h4-11,18H,12H2,1-3H3,(H,21,23)(H,22,24). The zero-order valence-corrected chi connectivity index (χ0v) is 15.0. The summed E-state index contributed by atoms with van der Waals surface area (Å²) in [5, 5.41) is 5.57. The van der Waals surface area contributed by atoms with Crippen LogP contribution in [0.25, 0.3) is 0 Å². The highest BCUT2D eigenvalue weighted by atomic mass is 16.5. The molecule has 6 nitrogen and oxygen atoms in total. The highest BCUT2D eigenvalue weighted by Gasteiger charge is 2.17. The maximum atomic E-state index is 12.4. The van der Waals surface area contributed by atoms with E-state index in [1.165, 1.54) is 14.0 Å². The highest BCUT2D eigenvalue weighted by Crippen LogP contribution is 2.19. The van der Waals surface area contributed by atoms with Gasteiger partial charge in [-0.1, -0.05) is 29.8 Å². The van der Waals surface area contributed by atoms with Crippen molar-refractivity contribution in [2.75, 3.05) is 12.4 Å². The second-order valence-electron chi connectivity index (χ2n) is 5.99. The van der Waals surface area contributed by atoms with Crippen LogP contribution in [0.2, 0.25) is 0 Å². The third kappa shape index (κ3) is 5.44. The Morgan fingerprint density at radius 3 is 2.15 bits per heavy atom. The molecule has 6 heteroatoms. The molecule has 2 amide bonds. The normalized spacial score (nSPS) is 11.3. The van der Waals surface area contributed by atoms with Crippen LogP contribution < -0.4 is 10.6 Å². The van der Waals surface area contributed by atoms with Crippen molar-refractivity contribution in [3.05, 3.63) is 65.2 Å². The molecule has 1 atom stereocenters. The lowest BCUT2D eigenvalue weighted by Crippen LogP contribution is -2.29. The Hall–Kier alpha value is -3.15. The van der Waals surface area contributed by atoms with Crippen LogP contribution in [-0.2, 0) is 14.3 Å². The lowest BCUT2D eigenvalue weighted by molar-refractivity contribution is -0.120. The summed E-state index contributed by atoms with van der Waals surface area (Å²) in [6.45, 7) is 3.40. The number of anilines is 1. The Morgan fingerprint density at radius 2 is 1.62 bits per heavy atom. The van der Waals surface area contributed by atoms with Crippen molar-refractivity contribution in [2.45, 2.75) is 26.3 Å². The minimum absolute atomic E-state index is 0.0986. The molecule has 0 heterocycles. The minimum Gasteiger partial charge on any atom is -0.465 e. The van der Waals surface area contributed by atoms with Crippen molar-refractivity contribution in [2.24, 2.45) is 0 Å². The van der Waals surface area contributed by atoms with E-state index >= 15 is 0 Å². The van der Waals surface area contributed by atoms with Crippen LogP contribution in [0, 0.1) is 6.92 Å². The van der Waals surface area contributed by atoms with Crippen LogP contribution in [0.15, 0.2) is 48.5 Å². The first-order chi connectivity index (χ1) is 12.4. The molecule has 0 aromatic heterocycles. The Kier molecular flexibility index (Phi) is 6.49. The molecule has 0 aliphatic rings. The number of methoxy groups -OCH3 is 1. The van der Waals surface area contributed by atoms with Crippen LogP contribution in [-0.4, -0.2) is 24.9 Å². The fourth-order valence-corrected chi connectivity index (χ4v) is 2.50. The third-order valence-electron chi connectivity index (χ3n) is 3.84. The first-order valence-corrected chi connectivity index (χ1v) is 8.21. The van der Waals surface area contributed by atoms with Crippen molar-refractivity contribution in [1.29, 1.82) is 0 Å². The maximum absolute atomic E-state index is 12.4. The first-order valence-electron chi connectivity index (χ1n) is 8.21. The van der Waals surface area contributed by atoms with Gasteiger partial charge < -0.3 is 15.4 Å². The molecular formula is C20H22N2O4. The summed E-state index contributed by atoms with van der Waals surface area (Å²) in [6.07, 6.45) is 0.0986. The van der Waals surface area contributed by atoms with Crippen molar-refractivity contribution < 1.29 is 19.1 Å². The van der Waals surface area contributed by atoms with Crippen molar-refractivity contribution in [3.8, 4) is 0 Å². The third-order valence-corrected chi connectivity index (χ3v) is 3.84. The van der Waals surface area contributed by atoms with Crippen LogP contribution in [0.5, 0.6) is 0 Å². The molecule has 0 radical (unpaired) electrons. The molecule has 0 fully saturated rings. The van der Waals surface area contributed by atoms with E-state index in [4.69, 9.17) is 0 Å². The average molecular weight is 354 g/mol. The number of carbonyl (C=O) groups excluding carboxylic acids is 3. The fourth-order valence-electron chi connectivity index (χ4n) is 2.50. The minimum atomic E-state index is -0.437. The van der Waals surface area contributed by atoms with Crippen LogP contribution in [0.1, 0.15) is 40.9 Å². The van der Waals surface area contributed by atoms with Gasteiger partial charge in [0.05, 0.1) is 25.1 Å². The molecule has 2 N–H and O–H groups in total. The predicted molar refractivity (Wildman–Crippen MR) is 98.8 cm³/mol. The van der Waals surface area contributed by atoms with Gasteiger partial charge in [0, 0.05) is 12.6 Å². The van der Waals surface area contributed by atoms with Crippen molar-refractivity contribution in [1.82, 2.24) is 5.32 Å². The van der Waals surface area contributed by atoms with Gasteiger partial charge in [-0.05, 0) is 36.8 Å². The zero-order valence-electron chi connectivity index (χ0n) is 15.0. The van der Waals surface area contributed by atoms with Crippen LogP contribution in [0.4, 0.5) is 5.69 Å². The molecular weight excluding hydrogens is 332 g/mol. The molecule has 0 saturated heterocycles. The summed E-state index contributed by atoms with van der Waals surface area (Å²) in [6, 6.07) is 13.7. The Labute approximate surface area is 152 Å². The monoisotopic (exact) mass is 354 g/mol. The molecule has 0 saturated carbocycles. The maximum Gasteiger partial charge on any atom is 0.337 e. The van der Waals surface area contributed by atoms with E-state index in [0.29, 0.717) is 11.3 Å². The molecule has 0 aliphatic heterocycles. The lowest BCUT2D eigenvalue weighted by Gasteiger charge is -2.18. The van der Waals surface area contributed by atoms with E-state index in [2.05, 4.69) is 15.4 Å². The molecule has 0 bridgehead atoms. The van der Waals surface area contributed by atoms with E-state index in [1.807, 2.05) is 31.2 Å². The van der Waals surface area contributed by atoms with Gasteiger partial charge >= 0.3 is 5.97 Å². The molecule has 2 aromatic carbocycles. The predicted octanol–water partition coefficient (Wildman–Crippen LogP) is 2.99. The van der Waals surface area contributed by atoms with E-state index in [1.54, 1.807) is 24.3 Å². The Morgan fingerprint density at radius 1 is 1.00 bits per heavy atom. The van der Waals surface area contributed by atoms with E-state index in [-0.39, 0.29) is 18.2 Å². The van der Waals surface area contributed by atoms with Gasteiger partial charge in [0.25, 0.3) is 0 Å². The Bertz CT molecular complexity index is 782. The smallest absolute Gasteiger partial charge is 0.337 e. The Balaban J connectivity index is 2.05. The van der Waals surface area contributed by atoms with Crippen molar-refractivity contribution >= 4 is 23.5 Å². The number of benzene rings is 2. The number of hydrogen-bond acceptors (Lipinski definition) is 4. The average Bonchev–Trinajstić information content (AvgIpc) is 2.61. The molecule has 0 aliphatic carbocycles. The van der Waals surface area contributed by atoms with E-state index < -0.39 is 12.0 Å². The second kappa shape index (κ2) is 8.80. The highest BCUT2D eigenvalue weighted by molar-refractivity contribution is 5.93. The van der Waals surface area contributed by atoms with Gasteiger partial charge in [-0.2, -0.15) is 0 Å². The SMILES string of the molecule is COC(=O)c1ccc(NC(=O)CC(NC(C)=O)c2ccc(C)cc2)cc1. The zero-order chi connectivity index (χ0) is 19.1. The second-order valence-corrected chi connectivity index (χ2v) is 5.99. The van der Waals surface area contributed by atoms with E-state index in [0.717, 1.165) is 11.1 Å². The topological polar surface area (TPSA) is 84.5 Å². The largest absolute Gasteiger partial charge is 0.465 e. The summed E-state index contributed by atoms with van der Waals surface area (Å²) >= 11 is 0. The molecule has 2 rings (SSSR count). The number of esters is 1. The number of amides is 2. The summed E-state index contributed by atoms with van der Waals surface area (Å²) < 4.78 is 4.64. The summed E-state index contributed by atoms with van der Waals surface area (Å²) in [5.74, 6) is -0.881. The summed E-state index contributed by atoms with van der Waals surface area (Å²) in [7, 11) is 1.31. The molecule has 0 spiro atoms. The van der Waals surface area contributed by atoms with Gasteiger partial charge in [-0.3, -0.25) is 9.59 Å².